The fraction of sp³-hybridized carbons (Fsp3) is 0.471. The van der Waals surface area contributed by atoms with Gasteiger partial charge in [-0.1, -0.05) is 31.2 Å². The van der Waals surface area contributed by atoms with E-state index in [4.69, 9.17) is 4.74 Å². The first-order valence-electron chi connectivity index (χ1n) is 7.93. The summed E-state index contributed by atoms with van der Waals surface area (Å²) in [6.07, 6.45) is 3.79. The number of carbonyl (C=O) groups excluding carboxylic acids is 1. The maximum absolute atomic E-state index is 12.3. The summed E-state index contributed by atoms with van der Waals surface area (Å²) in [5, 5.41) is 10.8. The smallest absolute Gasteiger partial charge is 0.224 e. The number of nitrogens with zero attached hydrogens (tertiary/aromatic N) is 3. The van der Waals surface area contributed by atoms with Crippen molar-refractivity contribution in [3.8, 4) is 5.75 Å². The van der Waals surface area contributed by atoms with Crippen LogP contribution in [-0.2, 0) is 17.8 Å². The average Bonchev–Trinajstić information content (AvgIpc) is 3.02. The number of ether oxygens (including phenoxy) is 1. The Kier molecular flexibility index (Phi) is 6.14. The zero-order chi connectivity index (χ0) is 16.7. The first-order chi connectivity index (χ1) is 11.1. The highest BCUT2D eigenvalue weighted by Gasteiger charge is 2.17. The Hall–Kier alpha value is -2.37. The van der Waals surface area contributed by atoms with E-state index in [2.05, 4.69) is 29.5 Å². The van der Waals surface area contributed by atoms with Crippen LogP contribution >= 0.6 is 0 Å². The lowest BCUT2D eigenvalue weighted by atomic mass is 10.0. The molecule has 1 atom stereocenters. The van der Waals surface area contributed by atoms with Gasteiger partial charge in [0.25, 0.3) is 0 Å². The van der Waals surface area contributed by atoms with E-state index in [-0.39, 0.29) is 11.9 Å². The molecule has 124 valence electrons. The normalized spacial score (nSPS) is 12.2. The SMILES string of the molecule is CCOc1ccc(CC(=O)NC(Cn2ccnn2)C(C)C)cc1. The van der Waals surface area contributed by atoms with Crippen molar-refractivity contribution in [1.29, 1.82) is 0 Å². The number of aromatic nitrogens is 3. The second-order valence-electron chi connectivity index (χ2n) is 5.80. The molecule has 0 fully saturated rings. The molecule has 0 radical (unpaired) electrons. The third kappa shape index (κ3) is 5.39. The zero-order valence-corrected chi connectivity index (χ0v) is 13.9. The average molecular weight is 316 g/mol. The van der Waals surface area contributed by atoms with Crippen molar-refractivity contribution in [1.82, 2.24) is 20.3 Å². The van der Waals surface area contributed by atoms with E-state index in [0.717, 1.165) is 11.3 Å². The van der Waals surface area contributed by atoms with E-state index in [1.165, 1.54) is 0 Å². The molecule has 0 aliphatic rings. The van der Waals surface area contributed by atoms with E-state index in [9.17, 15) is 4.79 Å². The van der Waals surface area contributed by atoms with Crippen LogP contribution in [0.25, 0.3) is 0 Å². The zero-order valence-electron chi connectivity index (χ0n) is 13.9. The van der Waals surface area contributed by atoms with Gasteiger partial charge in [-0.25, -0.2) is 0 Å². The van der Waals surface area contributed by atoms with Gasteiger partial charge in [0.1, 0.15) is 5.75 Å². The highest BCUT2D eigenvalue weighted by molar-refractivity contribution is 5.78. The van der Waals surface area contributed by atoms with Crippen LogP contribution in [-0.4, -0.2) is 33.5 Å². The minimum Gasteiger partial charge on any atom is -0.494 e. The standard InChI is InChI=1S/C17H24N4O2/c1-4-23-15-7-5-14(6-8-15)11-17(22)19-16(13(2)3)12-21-10-9-18-20-21/h5-10,13,16H,4,11-12H2,1-3H3,(H,19,22). The van der Waals surface area contributed by atoms with Crippen molar-refractivity contribution in [2.45, 2.75) is 39.8 Å². The maximum Gasteiger partial charge on any atom is 0.224 e. The fourth-order valence-electron chi connectivity index (χ4n) is 2.27. The van der Waals surface area contributed by atoms with Crippen molar-refractivity contribution >= 4 is 5.91 Å². The topological polar surface area (TPSA) is 69.0 Å². The van der Waals surface area contributed by atoms with Gasteiger partial charge in [0, 0.05) is 6.20 Å². The molecule has 0 saturated carbocycles. The lowest BCUT2D eigenvalue weighted by molar-refractivity contribution is -0.121. The molecule has 6 nitrogen and oxygen atoms in total. The maximum atomic E-state index is 12.3. The molecular weight excluding hydrogens is 292 g/mol. The number of rotatable bonds is 8. The second kappa shape index (κ2) is 8.31. The van der Waals surface area contributed by atoms with Crippen LogP contribution in [0.4, 0.5) is 0 Å². The summed E-state index contributed by atoms with van der Waals surface area (Å²) in [7, 11) is 0. The molecule has 0 saturated heterocycles. The summed E-state index contributed by atoms with van der Waals surface area (Å²) in [5.41, 5.74) is 0.967. The number of hydrogen-bond donors (Lipinski definition) is 1. The van der Waals surface area contributed by atoms with Gasteiger partial charge < -0.3 is 10.1 Å². The number of hydrogen-bond acceptors (Lipinski definition) is 4. The van der Waals surface area contributed by atoms with Crippen LogP contribution in [0, 0.1) is 5.92 Å². The van der Waals surface area contributed by atoms with E-state index >= 15 is 0 Å². The van der Waals surface area contributed by atoms with Crippen LogP contribution in [0.15, 0.2) is 36.7 Å². The largest absolute Gasteiger partial charge is 0.494 e. The second-order valence-corrected chi connectivity index (χ2v) is 5.80. The number of benzene rings is 1. The number of nitrogens with one attached hydrogen (secondary N) is 1. The van der Waals surface area contributed by atoms with Crippen LogP contribution in [0.5, 0.6) is 5.75 Å². The Morgan fingerprint density at radius 1 is 1.30 bits per heavy atom. The molecule has 1 heterocycles. The van der Waals surface area contributed by atoms with Gasteiger partial charge in [0.05, 0.1) is 31.8 Å². The van der Waals surface area contributed by atoms with Gasteiger partial charge >= 0.3 is 0 Å². The first-order valence-corrected chi connectivity index (χ1v) is 7.93. The molecule has 1 unspecified atom stereocenters. The van der Waals surface area contributed by atoms with Gasteiger partial charge in [0.2, 0.25) is 5.91 Å². The third-order valence-electron chi connectivity index (χ3n) is 3.61. The van der Waals surface area contributed by atoms with E-state index < -0.39 is 0 Å². The van der Waals surface area contributed by atoms with Gasteiger partial charge in [-0.15, -0.1) is 5.10 Å². The predicted octanol–water partition coefficient (Wildman–Crippen LogP) is 2.06. The summed E-state index contributed by atoms with van der Waals surface area (Å²) in [6, 6.07) is 7.65. The molecule has 6 heteroatoms. The summed E-state index contributed by atoms with van der Waals surface area (Å²) < 4.78 is 7.14. The summed E-state index contributed by atoms with van der Waals surface area (Å²) in [4.78, 5) is 12.3. The van der Waals surface area contributed by atoms with Crippen molar-refractivity contribution in [3.63, 3.8) is 0 Å². The number of carbonyl (C=O) groups is 1. The Morgan fingerprint density at radius 2 is 2.04 bits per heavy atom. The molecule has 2 aromatic rings. The third-order valence-corrected chi connectivity index (χ3v) is 3.61. The minimum absolute atomic E-state index is 0.00738. The van der Waals surface area contributed by atoms with Crippen LogP contribution in [0.1, 0.15) is 26.3 Å². The molecular formula is C17H24N4O2. The molecule has 0 aliphatic carbocycles. The highest BCUT2D eigenvalue weighted by Crippen LogP contribution is 2.13. The van der Waals surface area contributed by atoms with Crippen LogP contribution in [0.3, 0.4) is 0 Å². The van der Waals surface area contributed by atoms with E-state index in [1.54, 1.807) is 17.1 Å². The van der Waals surface area contributed by atoms with Gasteiger partial charge in [-0.2, -0.15) is 0 Å². The van der Waals surface area contributed by atoms with Gasteiger partial charge in [-0.3, -0.25) is 9.48 Å². The van der Waals surface area contributed by atoms with Crippen molar-refractivity contribution in [2.75, 3.05) is 6.61 Å². The lowest BCUT2D eigenvalue weighted by Gasteiger charge is -2.22. The summed E-state index contributed by atoms with van der Waals surface area (Å²) >= 11 is 0. The molecule has 23 heavy (non-hydrogen) atoms. The fourth-order valence-corrected chi connectivity index (χ4v) is 2.27. The molecule has 1 amide bonds. The predicted molar refractivity (Wildman–Crippen MR) is 88.1 cm³/mol. The van der Waals surface area contributed by atoms with Crippen molar-refractivity contribution < 1.29 is 9.53 Å². The molecule has 1 N–H and O–H groups in total. The van der Waals surface area contributed by atoms with E-state index in [1.807, 2.05) is 31.2 Å². The monoisotopic (exact) mass is 316 g/mol. The molecule has 1 aromatic heterocycles. The molecule has 2 rings (SSSR count). The van der Waals surface area contributed by atoms with Crippen molar-refractivity contribution in [2.24, 2.45) is 5.92 Å². The Labute approximate surface area is 136 Å². The van der Waals surface area contributed by atoms with Crippen LogP contribution < -0.4 is 10.1 Å². The Bertz CT molecular complexity index is 594. The summed E-state index contributed by atoms with van der Waals surface area (Å²) in [6.45, 7) is 7.37. The van der Waals surface area contributed by atoms with Crippen molar-refractivity contribution in [3.05, 3.63) is 42.2 Å². The highest BCUT2D eigenvalue weighted by atomic mass is 16.5. The van der Waals surface area contributed by atoms with Gasteiger partial charge in [0.15, 0.2) is 0 Å². The summed E-state index contributed by atoms with van der Waals surface area (Å²) in [5.74, 6) is 1.14. The molecule has 0 bridgehead atoms. The molecule has 1 aromatic carbocycles. The van der Waals surface area contributed by atoms with Gasteiger partial charge in [-0.05, 0) is 30.5 Å². The molecule has 0 aliphatic heterocycles. The minimum atomic E-state index is 0.00738. The number of amides is 1. The van der Waals surface area contributed by atoms with E-state index in [0.29, 0.717) is 25.5 Å². The first kappa shape index (κ1) is 17.0. The Balaban J connectivity index is 1.90. The molecule has 0 spiro atoms. The van der Waals surface area contributed by atoms with Crippen LogP contribution in [0.2, 0.25) is 0 Å². The quantitative estimate of drug-likeness (QED) is 0.809. The lowest BCUT2D eigenvalue weighted by Crippen LogP contribution is -2.42. The Morgan fingerprint density at radius 3 is 2.61 bits per heavy atom.